The summed E-state index contributed by atoms with van der Waals surface area (Å²) >= 11 is 0. The molecule has 2 aromatic carbocycles. The predicted molar refractivity (Wildman–Crippen MR) is 99.4 cm³/mol. The van der Waals surface area contributed by atoms with Crippen molar-refractivity contribution in [3.63, 3.8) is 0 Å². The molecular weight excluding hydrogens is 310 g/mol. The summed E-state index contributed by atoms with van der Waals surface area (Å²) in [6.45, 7) is 2.30. The lowest BCUT2D eigenvalue weighted by Gasteiger charge is -2.21. The highest BCUT2D eigenvalue weighted by atomic mass is 16.4. The zero-order valence-electron chi connectivity index (χ0n) is 14.3. The molecule has 1 aliphatic rings. The van der Waals surface area contributed by atoms with Gasteiger partial charge in [0.25, 0.3) is 0 Å². The van der Waals surface area contributed by atoms with Gasteiger partial charge in [-0.05, 0) is 60.6 Å². The van der Waals surface area contributed by atoms with Gasteiger partial charge in [0.05, 0.1) is 11.3 Å². The Labute approximate surface area is 147 Å². The summed E-state index contributed by atoms with van der Waals surface area (Å²) in [5, 5.41) is 9.36. The molecule has 0 saturated heterocycles. The normalized spacial score (nSPS) is 16.4. The molecule has 3 aromatic rings. The van der Waals surface area contributed by atoms with Crippen LogP contribution in [0.4, 0.5) is 0 Å². The second kappa shape index (κ2) is 6.25. The van der Waals surface area contributed by atoms with E-state index in [0.717, 1.165) is 29.8 Å². The number of hydrogen-bond donors (Lipinski definition) is 1. The average Bonchev–Trinajstić information content (AvgIpc) is 3.01. The minimum Gasteiger partial charge on any atom is -0.478 e. The minimum absolute atomic E-state index is 0.322. The highest BCUT2D eigenvalue weighted by molar-refractivity contribution is 5.88. The topological polar surface area (TPSA) is 42.2 Å². The summed E-state index contributed by atoms with van der Waals surface area (Å²) in [4.78, 5) is 11.4. The van der Waals surface area contributed by atoms with Crippen LogP contribution in [0.2, 0.25) is 0 Å². The van der Waals surface area contributed by atoms with Crippen LogP contribution in [0.5, 0.6) is 0 Å². The van der Waals surface area contributed by atoms with Gasteiger partial charge in [-0.25, -0.2) is 4.79 Å². The van der Waals surface area contributed by atoms with Gasteiger partial charge in [0.1, 0.15) is 0 Å². The molecule has 3 nitrogen and oxygen atoms in total. The van der Waals surface area contributed by atoms with Crippen LogP contribution < -0.4 is 0 Å². The molecule has 0 fully saturated rings. The Kier molecular flexibility index (Phi) is 3.92. The Hall–Kier alpha value is -2.81. The molecule has 0 aliphatic heterocycles. The van der Waals surface area contributed by atoms with E-state index in [2.05, 4.69) is 29.7 Å². The van der Waals surface area contributed by atoms with Gasteiger partial charge in [0, 0.05) is 11.4 Å². The van der Waals surface area contributed by atoms with Gasteiger partial charge in [-0.15, -0.1) is 0 Å². The van der Waals surface area contributed by atoms with Crippen LogP contribution in [0.15, 0.2) is 60.7 Å². The maximum atomic E-state index is 11.4. The van der Waals surface area contributed by atoms with E-state index in [-0.39, 0.29) is 0 Å². The third-order valence-electron chi connectivity index (χ3n) is 5.06. The Balaban J connectivity index is 1.94. The molecule has 1 N–H and O–H groups in total. The van der Waals surface area contributed by atoms with Crippen molar-refractivity contribution in [1.29, 1.82) is 0 Å². The Morgan fingerprint density at radius 3 is 2.64 bits per heavy atom. The summed E-state index contributed by atoms with van der Waals surface area (Å²) in [5.41, 5.74) is 6.25. The maximum absolute atomic E-state index is 11.4. The van der Waals surface area contributed by atoms with E-state index in [4.69, 9.17) is 0 Å². The summed E-state index contributed by atoms with van der Waals surface area (Å²) in [7, 11) is 0. The fourth-order valence-electron chi connectivity index (χ4n) is 3.81. The second-order valence-electron chi connectivity index (χ2n) is 6.91. The van der Waals surface area contributed by atoms with Gasteiger partial charge in [-0.1, -0.05) is 43.3 Å². The van der Waals surface area contributed by atoms with Crippen LogP contribution in [-0.2, 0) is 12.8 Å². The highest BCUT2D eigenvalue weighted by Gasteiger charge is 2.23. The molecule has 0 saturated carbocycles. The zero-order valence-corrected chi connectivity index (χ0v) is 14.3. The molecule has 1 aromatic heterocycles. The Morgan fingerprint density at radius 1 is 1.08 bits per heavy atom. The van der Waals surface area contributed by atoms with Crippen LogP contribution >= 0.6 is 0 Å². The van der Waals surface area contributed by atoms with Gasteiger partial charge in [-0.3, -0.25) is 0 Å². The van der Waals surface area contributed by atoms with Gasteiger partial charge in [0.2, 0.25) is 0 Å². The smallest absolute Gasteiger partial charge is 0.335 e. The number of nitrogens with zero attached hydrogens (tertiary/aromatic N) is 1. The van der Waals surface area contributed by atoms with E-state index >= 15 is 0 Å². The van der Waals surface area contributed by atoms with E-state index in [1.807, 2.05) is 30.3 Å². The number of benzene rings is 2. The molecular formula is C22H21NO2. The number of aromatic nitrogens is 1. The average molecular weight is 331 g/mol. The lowest BCUT2D eigenvalue weighted by atomic mass is 9.89. The van der Waals surface area contributed by atoms with Crippen LogP contribution in [-0.4, -0.2) is 15.6 Å². The van der Waals surface area contributed by atoms with Crippen molar-refractivity contribution in [2.24, 2.45) is 5.92 Å². The van der Waals surface area contributed by atoms with Crippen molar-refractivity contribution in [2.45, 2.75) is 26.2 Å². The molecule has 4 rings (SSSR count). The lowest BCUT2D eigenvalue weighted by molar-refractivity contribution is 0.0697. The molecule has 1 unspecified atom stereocenters. The van der Waals surface area contributed by atoms with Crippen molar-refractivity contribution in [1.82, 2.24) is 4.57 Å². The number of carbonyl (C=O) groups is 1. The van der Waals surface area contributed by atoms with Crippen molar-refractivity contribution in [3.05, 3.63) is 77.5 Å². The molecule has 126 valence electrons. The van der Waals surface area contributed by atoms with Crippen LogP contribution in [0.25, 0.3) is 16.9 Å². The molecule has 0 amide bonds. The van der Waals surface area contributed by atoms with Crippen LogP contribution in [0.1, 0.15) is 35.0 Å². The molecule has 1 heterocycles. The van der Waals surface area contributed by atoms with E-state index in [1.165, 1.54) is 17.7 Å². The summed E-state index contributed by atoms with van der Waals surface area (Å²) in [6, 6.07) is 19.9. The molecule has 0 radical (unpaired) electrons. The molecule has 0 spiro atoms. The first-order valence-electron chi connectivity index (χ1n) is 8.76. The molecule has 25 heavy (non-hydrogen) atoms. The minimum atomic E-state index is -0.891. The number of aromatic carboxylic acids is 1. The third kappa shape index (κ3) is 2.86. The van der Waals surface area contributed by atoms with Crippen molar-refractivity contribution >= 4 is 5.97 Å². The van der Waals surface area contributed by atoms with E-state index in [1.54, 1.807) is 12.1 Å². The van der Waals surface area contributed by atoms with Gasteiger partial charge >= 0.3 is 5.97 Å². The summed E-state index contributed by atoms with van der Waals surface area (Å²) < 4.78 is 2.25. The van der Waals surface area contributed by atoms with Gasteiger partial charge in [-0.2, -0.15) is 0 Å². The van der Waals surface area contributed by atoms with E-state index in [9.17, 15) is 9.90 Å². The standard InChI is InChI=1S/C22H21NO2/c1-15-10-11-20-18(12-15)14-21(16-6-3-2-4-7-16)23(20)19-9-5-8-17(13-19)22(24)25/h2-9,13-15H,10-12H2,1H3,(H,24,25). The van der Waals surface area contributed by atoms with Crippen LogP contribution in [0, 0.1) is 5.92 Å². The van der Waals surface area contributed by atoms with Crippen molar-refractivity contribution < 1.29 is 9.90 Å². The zero-order chi connectivity index (χ0) is 17.4. The number of carboxylic acid groups (broad SMARTS) is 1. The maximum Gasteiger partial charge on any atom is 0.335 e. The van der Waals surface area contributed by atoms with Gasteiger partial charge < -0.3 is 9.67 Å². The quantitative estimate of drug-likeness (QED) is 0.736. The largest absolute Gasteiger partial charge is 0.478 e. The van der Waals surface area contributed by atoms with Crippen molar-refractivity contribution in [2.75, 3.05) is 0 Å². The Morgan fingerprint density at radius 2 is 1.88 bits per heavy atom. The monoisotopic (exact) mass is 331 g/mol. The third-order valence-corrected chi connectivity index (χ3v) is 5.06. The lowest BCUT2D eigenvalue weighted by Crippen LogP contribution is -2.13. The number of carboxylic acids is 1. The number of hydrogen-bond acceptors (Lipinski definition) is 1. The van der Waals surface area contributed by atoms with E-state index < -0.39 is 5.97 Å². The Bertz CT molecular complexity index is 924. The second-order valence-corrected chi connectivity index (χ2v) is 6.91. The SMILES string of the molecule is CC1CCc2c(cc(-c3ccccc3)n2-c2cccc(C(=O)O)c2)C1. The van der Waals surface area contributed by atoms with Gasteiger partial charge in [0.15, 0.2) is 0 Å². The summed E-state index contributed by atoms with van der Waals surface area (Å²) in [6.07, 6.45) is 3.28. The number of fused-ring (bicyclic) bond motifs is 1. The van der Waals surface area contributed by atoms with Crippen LogP contribution in [0.3, 0.4) is 0 Å². The predicted octanol–water partition coefficient (Wildman–Crippen LogP) is 4.97. The fraction of sp³-hybridized carbons (Fsp3) is 0.227. The fourth-order valence-corrected chi connectivity index (χ4v) is 3.81. The molecule has 1 aliphatic carbocycles. The molecule has 3 heteroatoms. The number of rotatable bonds is 3. The first-order valence-corrected chi connectivity index (χ1v) is 8.76. The molecule has 1 atom stereocenters. The first kappa shape index (κ1) is 15.7. The van der Waals surface area contributed by atoms with E-state index in [0.29, 0.717) is 11.5 Å². The highest BCUT2D eigenvalue weighted by Crippen LogP contribution is 2.35. The first-order chi connectivity index (χ1) is 12.1. The summed E-state index contributed by atoms with van der Waals surface area (Å²) in [5.74, 6) is -0.199. The molecule has 0 bridgehead atoms. The van der Waals surface area contributed by atoms with Crippen molar-refractivity contribution in [3.8, 4) is 16.9 Å².